The molecule has 1 heterocycles. The van der Waals surface area contributed by atoms with E-state index in [0.717, 1.165) is 27.8 Å². The van der Waals surface area contributed by atoms with Crippen molar-refractivity contribution in [3.8, 4) is 5.75 Å². The summed E-state index contributed by atoms with van der Waals surface area (Å²) in [6.45, 7) is 2.60. The third-order valence-corrected chi connectivity index (χ3v) is 4.03. The Bertz CT molecular complexity index is 843. The number of benzene rings is 2. The van der Waals surface area contributed by atoms with Crippen molar-refractivity contribution in [1.29, 1.82) is 0 Å². The van der Waals surface area contributed by atoms with Crippen molar-refractivity contribution in [1.82, 2.24) is 4.98 Å². The molecule has 0 spiro atoms. The Morgan fingerprint density at radius 2 is 1.96 bits per heavy atom. The Labute approximate surface area is 146 Å². The van der Waals surface area contributed by atoms with E-state index in [2.05, 4.69) is 4.98 Å². The lowest BCUT2D eigenvalue weighted by Gasteiger charge is -2.10. The van der Waals surface area contributed by atoms with Gasteiger partial charge in [-0.05, 0) is 24.1 Å². The number of fused-ring (bicyclic) bond motifs is 1. The van der Waals surface area contributed by atoms with Gasteiger partial charge >= 0.3 is 5.97 Å². The van der Waals surface area contributed by atoms with Gasteiger partial charge in [0.05, 0.1) is 12.1 Å². The molecule has 0 saturated carbocycles. The predicted octanol–water partition coefficient (Wildman–Crippen LogP) is 3.18. The highest BCUT2D eigenvalue weighted by molar-refractivity contribution is 5.89. The van der Waals surface area contributed by atoms with E-state index in [4.69, 9.17) is 15.2 Å². The van der Waals surface area contributed by atoms with Crippen molar-refractivity contribution in [2.45, 2.75) is 26.0 Å². The van der Waals surface area contributed by atoms with E-state index in [1.165, 1.54) is 0 Å². The van der Waals surface area contributed by atoms with Gasteiger partial charge in [0, 0.05) is 18.0 Å². The fourth-order valence-electron chi connectivity index (χ4n) is 2.78. The van der Waals surface area contributed by atoms with E-state index in [-0.39, 0.29) is 5.97 Å². The van der Waals surface area contributed by atoms with Crippen LogP contribution in [-0.4, -0.2) is 23.6 Å². The van der Waals surface area contributed by atoms with Gasteiger partial charge in [-0.2, -0.15) is 0 Å². The molecule has 0 bridgehead atoms. The number of rotatable bonds is 7. The standard InChI is InChI=1S/C20H22N2O3/c1-2-24-20(23)17(21)11-15-12-22-19-16(15)9-6-10-18(19)25-13-14-7-4-3-5-8-14/h3-10,12,17,22H,2,11,13,21H2,1H3. The normalized spacial score (nSPS) is 12.1. The molecule has 0 fully saturated rings. The first-order valence-electron chi connectivity index (χ1n) is 8.37. The van der Waals surface area contributed by atoms with Crippen LogP contribution in [0.4, 0.5) is 0 Å². The average Bonchev–Trinajstić information content (AvgIpc) is 3.04. The molecular weight excluding hydrogens is 316 g/mol. The van der Waals surface area contributed by atoms with Crippen LogP contribution >= 0.6 is 0 Å². The number of aromatic nitrogens is 1. The van der Waals surface area contributed by atoms with E-state index in [9.17, 15) is 4.79 Å². The van der Waals surface area contributed by atoms with Gasteiger partial charge in [0.25, 0.3) is 0 Å². The van der Waals surface area contributed by atoms with E-state index in [1.807, 2.05) is 54.7 Å². The molecule has 0 amide bonds. The Kier molecular flexibility index (Phi) is 5.36. The van der Waals surface area contributed by atoms with Crippen LogP contribution in [0.3, 0.4) is 0 Å². The lowest BCUT2D eigenvalue weighted by Crippen LogP contribution is -2.34. The molecule has 3 N–H and O–H groups in total. The van der Waals surface area contributed by atoms with E-state index < -0.39 is 6.04 Å². The van der Waals surface area contributed by atoms with Crippen molar-refractivity contribution in [3.05, 3.63) is 65.9 Å². The molecule has 2 aromatic carbocycles. The third-order valence-electron chi connectivity index (χ3n) is 4.03. The molecule has 3 rings (SSSR count). The lowest BCUT2D eigenvalue weighted by molar-refractivity contribution is -0.144. The van der Waals surface area contributed by atoms with Gasteiger partial charge in [-0.3, -0.25) is 4.79 Å². The largest absolute Gasteiger partial charge is 0.487 e. The summed E-state index contributed by atoms with van der Waals surface area (Å²) >= 11 is 0. The quantitative estimate of drug-likeness (QED) is 0.649. The minimum Gasteiger partial charge on any atom is -0.487 e. The SMILES string of the molecule is CCOC(=O)C(N)Cc1c[nH]c2c(OCc3ccccc3)cccc12. The molecule has 0 saturated heterocycles. The number of para-hydroxylation sites is 1. The number of carbonyl (C=O) groups excluding carboxylic acids is 1. The number of nitrogens with one attached hydrogen (secondary N) is 1. The number of aromatic amines is 1. The third kappa shape index (κ3) is 4.00. The van der Waals surface area contributed by atoms with Crippen LogP contribution in [0.5, 0.6) is 5.75 Å². The van der Waals surface area contributed by atoms with Crippen molar-refractivity contribution in [2.24, 2.45) is 5.73 Å². The Morgan fingerprint density at radius 3 is 2.72 bits per heavy atom. The van der Waals surface area contributed by atoms with E-state index in [0.29, 0.717) is 19.6 Å². The highest BCUT2D eigenvalue weighted by Gasteiger charge is 2.18. The Morgan fingerprint density at radius 1 is 1.16 bits per heavy atom. The maximum Gasteiger partial charge on any atom is 0.323 e. The average molecular weight is 338 g/mol. The number of ether oxygens (including phenoxy) is 2. The minimum atomic E-state index is -0.673. The summed E-state index contributed by atoms with van der Waals surface area (Å²) in [5.74, 6) is 0.394. The molecule has 0 radical (unpaired) electrons. The predicted molar refractivity (Wildman–Crippen MR) is 97.4 cm³/mol. The van der Waals surface area contributed by atoms with Crippen LogP contribution in [-0.2, 0) is 22.6 Å². The minimum absolute atomic E-state index is 0.331. The molecule has 0 aliphatic heterocycles. The molecule has 1 unspecified atom stereocenters. The van der Waals surface area contributed by atoms with Crippen LogP contribution < -0.4 is 10.5 Å². The summed E-state index contributed by atoms with van der Waals surface area (Å²) in [6.07, 6.45) is 2.29. The van der Waals surface area contributed by atoms with Gasteiger partial charge in [-0.1, -0.05) is 42.5 Å². The maximum absolute atomic E-state index is 11.7. The number of esters is 1. The summed E-state index contributed by atoms with van der Waals surface area (Å²) in [7, 11) is 0. The van der Waals surface area contributed by atoms with E-state index in [1.54, 1.807) is 6.92 Å². The van der Waals surface area contributed by atoms with Crippen molar-refractivity contribution < 1.29 is 14.3 Å². The first kappa shape index (κ1) is 17.0. The second-order valence-corrected chi connectivity index (χ2v) is 5.83. The number of nitrogens with two attached hydrogens (primary N) is 1. The highest BCUT2D eigenvalue weighted by Crippen LogP contribution is 2.28. The van der Waals surface area contributed by atoms with Crippen LogP contribution in [0.15, 0.2) is 54.7 Å². The molecule has 5 heteroatoms. The van der Waals surface area contributed by atoms with Crippen molar-refractivity contribution in [2.75, 3.05) is 6.61 Å². The van der Waals surface area contributed by atoms with Gasteiger partial charge in [0.15, 0.2) is 0 Å². The zero-order chi connectivity index (χ0) is 17.6. The summed E-state index contributed by atoms with van der Waals surface area (Å²) in [5, 5.41) is 1.00. The summed E-state index contributed by atoms with van der Waals surface area (Å²) in [6, 6.07) is 15.2. The Balaban J connectivity index is 1.76. The zero-order valence-electron chi connectivity index (χ0n) is 14.2. The molecule has 1 atom stereocenters. The fraction of sp³-hybridized carbons (Fsp3) is 0.250. The summed E-state index contributed by atoms with van der Waals surface area (Å²) in [5.41, 5.74) is 8.93. The Hall–Kier alpha value is -2.79. The van der Waals surface area contributed by atoms with E-state index >= 15 is 0 Å². The topological polar surface area (TPSA) is 77.3 Å². The highest BCUT2D eigenvalue weighted by atomic mass is 16.5. The van der Waals surface area contributed by atoms with Gasteiger partial charge in [-0.25, -0.2) is 0 Å². The van der Waals surface area contributed by atoms with Crippen molar-refractivity contribution >= 4 is 16.9 Å². The van der Waals surface area contributed by atoms with Crippen LogP contribution in [0.25, 0.3) is 10.9 Å². The van der Waals surface area contributed by atoms with Gasteiger partial charge in [-0.15, -0.1) is 0 Å². The fourth-order valence-corrected chi connectivity index (χ4v) is 2.78. The maximum atomic E-state index is 11.7. The van der Waals surface area contributed by atoms with Gasteiger partial charge < -0.3 is 20.2 Å². The summed E-state index contributed by atoms with van der Waals surface area (Å²) < 4.78 is 10.9. The second kappa shape index (κ2) is 7.85. The smallest absolute Gasteiger partial charge is 0.323 e. The molecule has 1 aromatic heterocycles. The van der Waals surface area contributed by atoms with Crippen LogP contribution in [0, 0.1) is 0 Å². The monoisotopic (exact) mass is 338 g/mol. The van der Waals surface area contributed by atoms with Crippen LogP contribution in [0.1, 0.15) is 18.1 Å². The zero-order valence-corrected chi connectivity index (χ0v) is 14.2. The second-order valence-electron chi connectivity index (χ2n) is 5.83. The molecule has 130 valence electrons. The first-order chi connectivity index (χ1) is 12.2. The molecule has 25 heavy (non-hydrogen) atoms. The molecule has 0 aliphatic carbocycles. The molecule has 3 aromatic rings. The van der Waals surface area contributed by atoms with Gasteiger partial charge in [0.2, 0.25) is 0 Å². The van der Waals surface area contributed by atoms with Crippen LogP contribution in [0.2, 0.25) is 0 Å². The molecule has 5 nitrogen and oxygen atoms in total. The number of H-pyrrole nitrogens is 1. The number of carbonyl (C=O) groups is 1. The summed E-state index contributed by atoms with van der Waals surface area (Å²) in [4.78, 5) is 15.0. The number of hydrogen-bond acceptors (Lipinski definition) is 4. The molecule has 0 aliphatic rings. The van der Waals surface area contributed by atoms with Crippen molar-refractivity contribution in [3.63, 3.8) is 0 Å². The van der Waals surface area contributed by atoms with Gasteiger partial charge in [0.1, 0.15) is 18.4 Å². The number of hydrogen-bond donors (Lipinski definition) is 2. The lowest BCUT2D eigenvalue weighted by atomic mass is 10.1. The molecular formula is C20H22N2O3. The first-order valence-corrected chi connectivity index (χ1v) is 8.37.